The summed E-state index contributed by atoms with van der Waals surface area (Å²) in [5.74, 6) is -1.60. The number of aliphatic carboxylic acids is 1. The van der Waals surface area contributed by atoms with Crippen molar-refractivity contribution in [3.63, 3.8) is 0 Å². The van der Waals surface area contributed by atoms with Gasteiger partial charge in [-0.1, -0.05) is 0 Å². The first kappa shape index (κ1) is 14.9. The number of aromatic amines is 1. The fourth-order valence-electron chi connectivity index (χ4n) is 1.76. The SMILES string of the molecule is COC(=O)CCC(NC(=O)c1n[nH]c(C2CC2)n1)C(=O)O. The number of nitrogens with one attached hydrogen (secondary N) is 2. The van der Waals surface area contributed by atoms with Crippen molar-refractivity contribution in [3.05, 3.63) is 11.6 Å². The first-order chi connectivity index (χ1) is 10.0. The van der Waals surface area contributed by atoms with Crippen LogP contribution in [-0.2, 0) is 14.3 Å². The monoisotopic (exact) mass is 296 g/mol. The number of amides is 1. The van der Waals surface area contributed by atoms with E-state index in [1.54, 1.807) is 0 Å². The van der Waals surface area contributed by atoms with Crippen molar-refractivity contribution in [2.24, 2.45) is 0 Å². The molecule has 1 saturated carbocycles. The van der Waals surface area contributed by atoms with Gasteiger partial charge in [0.1, 0.15) is 11.9 Å². The van der Waals surface area contributed by atoms with Gasteiger partial charge in [0.15, 0.2) is 0 Å². The Morgan fingerprint density at radius 1 is 1.48 bits per heavy atom. The molecule has 0 radical (unpaired) electrons. The second kappa shape index (κ2) is 6.33. The van der Waals surface area contributed by atoms with E-state index in [1.807, 2.05) is 0 Å². The van der Waals surface area contributed by atoms with E-state index >= 15 is 0 Å². The number of hydrogen-bond donors (Lipinski definition) is 3. The maximum Gasteiger partial charge on any atom is 0.326 e. The number of hydrogen-bond acceptors (Lipinski definition) is 6. The quantitative estimate of drug-likeness (QED) is 0.594. The molecule has 0 saturated heterocycles. The van der Waals surface area contributed by atoms with Gasteiger partial charge < -0.3 is 15.2 Å². The van der Waals surface area contributed by atoms with E-state index in [-0.39, 0.29) is 18.7 Å². The van der Waals surface area contributed by atoms with Crippen molar-refractivity contribution in [1.82, 2.24) is 20.5 Å². The lowest BCUT2D eigenvalue weighted by Crippen LogP contribution is -2.41. The van der Waals surface area contributed by atoms with Crippen molar-refractivity contribution in [2.45, 2.75) is 37.6 Å². The van der Waals surface area contributed by atoms with Gasteiger partial charge in [-0.25, -0.2) is 9.78 Å². The molecule has 1 atom stereocenters. The molecule has 0 aliphatic heterocycles. The summed E-state index contributed by atoms with van der Waals surface area (Å²) in [7, 11) is 1.21. The van der Waals surface area contributed by atoms with Crippen molar-refractivity contribution in [3.8, 4) is 0 Å². The van der Waals surface area contributed by atoms with Crippen molar-refractivity contribution < 1.29 is 24.2 Å². The Labute approximate surface area is 120 Å². The maximum atomic E-state index is 11.9. The molecule has 1 heterocycles. The number of H-pyrrole nitrogens is 1. The van der Waals surface area contributed by atoms with E-state index in [2.05, 4.69) is 25.2 Å². The van der Waals surface area contributed by atoms with Gasteiger partial charge in [-0.3, -0.25) is 14.7 Å². The van der Waals surface area contributed by atoms with Crippen LogP contribution >= 0.6 is 0 Å². The molecule has 1 fully saturated rings. The molecule has 0 bridgehead atoms. The van der Waals surface area contributed by atoms with E-state index in [1.165, 1.54) is 7.11 Å². The van der Waals surface area contributed by atoms with E-state index < -0.39 is 23.9 Å². The van der Waals surface area contributed by atoms with Crippen molar-refractivity contribution in [2.75, 3.05) is 7.11 Å². The van der Waals surface area contributed by atoms with Crippen LogP contribution in [0.4, 0.5) is 0 Å². The summed E-state index contributed by atoms with van der Waals surface area (Å²) in [6, 6.07) is -1.19. The third kappa shape index (κ3) is 4.01. The van der Waals surface area contributed by atoms with Crippen LogP contribution in [0.25, 0.3) is 0 Å². The first-order valence-corrected chi connectivity index (χ1v) is 6.54. The molecule has 0 aromatic carbocycles. The Kier molecular flexibility index (Phi) is 4.51. The Morgan fingerprint density at radius 2 is 2.19 bits per heavy atom. The average Bonchev–Trinajstić information content (AvgIpc) is 3.19. The molecule has 9 heteroatoms. The topological polar surface area (TPSA) is 134 Å². The van der Waals surface area contributed by atoms with Gasteiger partial charge in [-0.2, -0.15) is 0 Å². The number of carboxylic acid groups (broad SMARTS) is 1. The summed E-state index contributed by atoms with van der Waals surface area (Å²) in [5.41, 5.74) is 0. The zero-order valence-corrected chi connectivity index (χ0v) is 11.5. The standard InChI is InChI=1S/C12H16N4O5/c1-21-8(17)5-4-7(12(19)20)13-11(18)10-14-9(15-16-10)6-2-3-6/h6-7H,2-5H2,1H3,(H,13,18)(H,19,20)(H,14,15,16). The molecule has 1 amide bonds. The van der Waals surface area contributed by atoms with E-state index in [4.69, 9.17) is 5.11 Å². The van der Waals surface area contributed by atoms with Gasteiger partial charge in [0, 0.05) is 12.3 Å². The molecule has 114 valence electrons. The smallest absolute Gasteiger partial charge is 0.326 e. The summed E-state index contributed by atoms with van der Waals surface area (Å²) in [6.07, 6.45) is 1.85. The van der Waals surface area contributed by atoms with Gasteiger partial charge in [0.25, 0.3) is 5.91 Å². The van der Waals surface area contributed by atoms with Crippen LogP contribution in [0.2, 0.25) is 0 Å². The minimum absolute atomic E-state index is 0.0619. The number of rotatable bonds is 7. The van der Waals surface area contributed by atoms with Crippen LogP contribution in [0.5, 0.6) is 0 Å². The third-order valence-corrected chi connectivity index (χ3v) is 3.14. The minimum atomic E-state index is -1.23. The number of carboxylic acids is 1. The largest absolute Gasteiger partial charge is 0.480 e. The molecular formula is C12H16N4O5. The Morgan fingerprint density at radius 3 is 2.76 bits per heavy atom. The van der Waals surface area contributed by atoms with Crippen LogP contribution in [0.3, 0.4) is 0 Å². The van der Waals surface area contributed by atoms with Gasteiger partial charge in [0.2, 0.25) is 5.82 Å². The molecule has 21 heavy (non-hydrogen) atoms. The van der Waals surface area contributed by atoms with E-state index in [0.717, 1.165) is 12.8 Å². The summed E-state index contributed by atoms with van der Waals surface area (Å²) >= 11 is 0. The van der Waals surface area contributed by atoms with Gasteiger partial charge in [-0.05, 0) is 19.3 Å². The zero-order chi connectivity index (χ0) is 15.4. The number of carbonyl (C=O) groups is 3. The fourth-order valence-corrected chi connectivity index (χ4v) is 1.76. The second-order valence-electron chi connectivity index (χ2n) is 4.80. The van der Waals surface area contributed by atoms with Crippen LogP contribution in [0.15, 0.2) is 0 Å². The molecule has 0 spiro atoms. The molecular weight excluding hydrogens is 280 g/mol. The summed E-state index contributed by atoms with van der Waals surface area (Å²) in [5, 5.41) is 17.8. The molecule has 1 unspecified atom stereocenters. The molecule has 9 nitrogen and oxygen atoms in total. The molecule has 1 aromatic heterocycles. The number of aromatic nitrogens is 3. The highest BCUT2D eigenvalue weighted by Crippen LogP contribution is 2.37. The number of methoxy groups -OCH3 is 1. The highest BCUT2D eigenvalue weighted by atomic mass is 16.5. The van der Waals surface area contributed by atoms with Crippen molar-refractivity contribution in [1.29, 1.82) is 0 Å². The Hall–Kier alpha value is -2.45. The average molecular weight is 296 g/mol. The number of carbonyl (C=O) groups excluding carboxylic acids is 2. The first-order valence-electron chi connectivity index (χ1n) is 6.54. The number of nitrogens with zero attached hydrogens (tertiary/aromatic N) is 2. The van der Waals surface area contributed by atoms with Crippen LogP contribution in [0, 0.1) is 0 Å². The van der Waals surface area contributed by atoms with Gasteiger partial charge >= 0.3 is 11.9 Å². The van der Waals surface area contributed by atoms with Crippen LogP contribution in [-0.4, -0.2) is 51.3 Å². The Balaban J connectivity index is 1.93. The van der Waals surface area contributed by atoms with Crippen molar-refractivity contribution >= 4 is 17.8 Å². The van der Waals surface area contributed by atoms with E-state index in [0.29, 0.717) is 11.7 Å². The lowest BCUT2D eigenvalue weighted by molar-refractivity contribution is -0.142. The van der Waals surface area contributed by atoms with E-state index in [9.17, 15) is 14.4 Å². The number of ether oxygens (including phenoxy) is 1. The predicted octanol–water partition coefficient (Wildman–Crippen LogP) is -0.182. The van der Waals surface area contributed by atoms with Gasteiger partial charge in [0.05, 0.1) is 7.11 Å². The normalized spacial score (nSPS) is 15.3. The fraction of sp³-hybridized carbons (Fsp3) is 0.583. The Bertz CT molecular complexity index is 552. The molecule has 1 aliphatic rings. The minimum Gasteiger partial charge on any atom is -0.480 e. The molecule has 1 aromatic rings. The molecule has 3 N–H and O–H groups in total. The summed E-state index contributed by atoms with van der Waals surface area (Å²) in [6.45, 7) is 0. The molecule has 2 rings (SSSR count). The second-order valence-corrected chi connectivity index (χ2v) is 4.80. The number of esters is 1. The van der Waals surface area contributed by atoms with Gasteiger partial charge in [-0.15, -0.1) is 5.10 Å². The summed E-state index contributed by atoms with van der Waals surface area (Å²) in [4.78, 5) is 38.0. The zero-order valence-electron chi connectivity index (χ0n) is 11.5. The lowest BCUT2D eigenvalue weighted by Gasteiger charge is -2.12. The predicted molar refractivity (Wildman–Crippen MR) is 68.5 cm³/mol. The highest BCUT2D eigenvalue weighted by molar-refractivity contribution is 5.93. The third-order valence-electron chi connectivity index (χ3n) is 3.14. The van der Waals surface area contributed by atoms with Crippen LogP contribution < -0.4 is 5.32 Å². The molecule has 1 aliphatic carbocycles. The lowest BCUT2D eigenvalue weighted by atomic mass is 10.1. The maximum absolute atomic E-state index is 11.9. The summed E-state index contributed by atoms with van der Waals surface area (Å²) < 4.78 is 4.43. The van der Waals surface area contributed by atoms with Crippen LogP contribution in [0.1, 0.15) is 48.0 Å². The highest BCUT2D eigenvalue weighted by Gasteiger charge is 2.29.